The number of anilines is 3. The Bertz CT molecular complexity index is 3010. The molecule has 1 aliphatic rings. The molecule has 0 amide bonds. The van der Waals surface area contributed by atoms with E-state index in [0.717, 1.165) is 38.4 Å². The lowest BCUT2D eigenvalue weighted by Crippen LogP contribution is -2.52. The lowest BCUT2D eigenvalue weighted by atomic mass is 9.35. The third kappa shape index (κ3) is 4.97. The number of hydrogen-bond donors (Lipinski definition) is 0. The van der Waals surface area contributed by atoms with Crippen LogP contribution in [0.5, 0.6) is 11.5 Å². The van der Waals surface area contributed by atoms with Gasteiger partial charge in [-0.1, -0.05) is 162 Å². The van der Waals surface area contributed by atoms with Gasteiger partial charge in [-0.25, -0.2) is 0 Å². The predicted octanol–water partition coefficient (Wildman–Crippen LogP) is 10.9. The van der Waals surface area contributed by atoms with Crippen molar-refractivity contribution in [2.75, 3.05) is 4.90 Å². The van der Waals surface area contributed by atoms with Crippen molar-refractivity contribution in [2.24, 2.45) is 0 Å². The molecule has 1 heterocycles. The molecule has 0 fully saturated rings. The number of fused-ring (bicyclic) bond motifs is 4. The highest BCUT2D eigenvalue weighted by molar-refractivity contribution is 6.98. The summed E-state index contributed by atoms with van der Waals surface area (Å²) in [6.45, 7) is -0.0389. The third-order valence-electron chi connectivity index (χ3n) is 10.0. The molecule has 51 heavy (non-hydrogen) atoms. The molecule has 2 nitrogen and oxygen atoms in total. The van der Waals surface area contributed by atoms with Crippen LogP contribution in [0.3, 0.4) is 0 Å². The zero-order valence-corrected chi connectivity index (χ0v) is 27.5. The fraction of sp³-hybridized carbons (Fsp3) is 0. The normalized spacial score (nSPS) is 13.1. The smallest absolute Gasteiger partial charge is 0.242 e. The van der Waals surface area contributed by atoms with Crippen LogP contribution in [0.25, 0.3) is 43.4 Å². The van der Waals surface area contributed by atoms with Crippen LogP contribution < -0.4 is 26.0 Å². The van der Waals surface area contributed by atoms with E-state index in [-0.39, 0.29) is 24.5 Å². The molecule has 0 aliphatic carbocycles. The second kappa shape index (κ2) is 12.1. The topological polar surface area (TPSA) is 12.5 Å². The van der Waals surface area contributed by atoms with Gasteiger partial charge >= 0.3 is 0 Å². The van der Waals surface area contributed by atoms with Crippen LogP contribution in [0.4, 0.5) is 17.1 Å². The minimum absolute atomic E-state index is 0.0389. The number of rotatable bonds is 6. The lowest BCUT2D eigenvalue weighted by molar-refractivity contribution is 0.487. The Hall–Kier alpha value is -6.58. The second-order valence-electron chi connectivity index (χ2n) is 12.9. The molecule has 0 saturated carbocycles. The summed E-state index contributed by atoms with van der Waals surface area (Å²) < 4.78 is 50.1. The van der Waals surface area contributed by atoms with Crippen molar-refractivity contribution in [2.45, 2.75) is 0 Å². The van der Waals surface area contributed by atoms with Crippen molar-refractivity contribution in [3.63, 3.8) is 0 Å². The van der Waals surface area contributed by atoms with Crippen molar-refractivity contribution in [3.8, 4) is 22.6 Å². The molecule has 0 atom stereocenters. The summed E-state index contributed by atoms with van der Waals surface area (Å²) in [6.07, 6.45) is 0. The number of hydrogen-bond acceptors (Lipinski definition) is 2. The van der Waals surface area contributed by atoms with Crippen LogP contribution in [-0.4, -0.2) is 6.71 Å². The molecule has 238 valence electrons. The number of para-hydroxylation sites is 1. The van der Waals surface area contributed by atoms with Crippen molar-refractivity contribution in [1.82, 2.24) is 0 Å². The van der Waals surface area contributed by atoms with Gasteiger partial charge in [-0.2, -0.15) is 0 Å². The molecule has 10 rings (SSSR count). The zero-order chi connectivity index (χ0) is 38.1. The molecule has 9 aromatic carbocycles. The van der Waals surface area contributed by atoms with Gasteiger partial charge in [-0.05, 0) is 74.9 Å². The van der Waals surface area contributed by atoms with Gasteiger partial charge in [-0.3, -0.25) is 0 Å². The molecule has 9 aromatic rings. The number of nitrogens with zero attached hydrogens (tertiary/aromatic N) is 1. The quantitative estimate of drug-likeness (QED) is 0.166. The van der Waals surface area contributed by atoms with Crippen molar-refractivity contribution >= 4 is 72.5 Å². The van der Waals surface area contributed by atoms with Gasteiger partial charge in [-0.15, -0.1) is 0 Å². The SMILES string of the molecule is [2H]c1c([2H])c([2H])c(N(c2ccc3c(c2)Oc2cccc4c(B(c5ccccc5)c5cccc6ccccc56)ccc-3c24)c2ccc3ccccc3c2)c([2H])c1[2H]. The molecular formula is C48H32BNO. The molecule has 0 N–H and O–H groups in total. The van der Waals surface area contributed by atoms with Gasteiger partial charge in [0.25, 0.3) is 0 Å². The van der Waals surface area contributed by atoms with Crippen LogP contribution in [-0.2, 0) is 0 Å². The second-order valence-corrected chi connectivity index (χ2v) is 12.9. The van der Waals surface area contributed by atoms with Gasteiger partial charge in [0.15, 0.2) is 0 Å². The zero-order valence-electron chi connectivity index (χ0n) is 32.5. The van der Waals surface area contributed by atoms with Crippen LogP contribution in [0.2, 0.25) is 0 Å². The maximum atomic E-state index is 8.97. The first kappa shape index (κ1) is 24.5. The summed E-state index contributed by atoms with van der Waals surface area (Å²) in [4.78, 5) is 1.74. The van der Waals surface area contributed by atoms with Crippen molar-refractivity contribution in [3.05, 3.63) is 194 Å². The summed E-state index contributed by atoms with van der Waals surface area (Å²) in [5.74, 6) is 1.34. The number of ether oxygens (including phenoxy) is 1. The molecule has 0 bridgehead atoms. The van der Waals surface area contributed by atoms with E-state index in [4.69, 9.17) is 11.6 Å². The van der Waals surface area contributed by atoms with Crippen LogP contribution >= 0.6 is 0 Å². The van der Waals surface area contributed by atoms with E-state index in [0.29, 0.717) is 17.1 Å². The molecule has 0 saturated heterocycles. The Morgan fingerprint density at radius 3 is 2.00 bits per heavy atom. The molecule has 0 unspecified atom stereocenters. The summed E-state index contributed by atoms with van der Waals surface area (Å²) in [7, 11) is 0. The fourth-order valence-corrected chi connectivity index (χ4v) is 7.79. The van der Waals surface area contributed by atoms with Crippen LogP contribution in [0.1, 0.15) is 6.85 Å². The van der Waals surface area contributed by atoms with E-state index in [1.165, 1.54) is 27.2 Å². The first-order valence-corrected chi connectivity index (χ1v) is 17.1. The average Bonchev–Trinajstić information content (AvgIpc) is 3.24. The predicted molar refractivity (Wildman–Crippen MR) is 217 cm³/mol. The van der Waals surface area contributed by atoms with Gasteiger partial charge in [0, 0.05) is 34.1 Å². The highest BCUT2D eigenvalue weighted by Gasteiger charge is 2.29. The van der Waals surface area contributed by atoms with Crippen molar-refractivity contribution in [1.29, 1.82) is 0 Å². The van der Waals surface area contributed by atoms with Gasteiger partial charge in [0.05, 0.1) is 6.85 Å². The minimum atomic E-state index is -0.435. The van der Waals surface area contributed by atoms with Gasteiger partial charge in [0.2, 0.25) is 6.71 Å². The van der Waals surface area contributed by atoms with Gasteiger partial charge in [0.1, 0.15) is 11.5 Å². The Labute approximate surface area is 304 Å². The standard InChI is InChI=1S/C48H32BNO/c1-3-17-36(18-4-1)49(44-23-11-16-34-14-9-10-21-40(34)44)45-30-29-42-41-28-27-39(32-47(41)51-46-24-12-22-43(45)48(42)46)50(37-19-5-2-6-20-37)38-26-25-33-13-7-8-15-35(33)31-38/h1-32H/i2D,5D,6D,19D,20D. The summed E-state index contributed by atoms with van der Waals surface area (Å²) in [5.41, 5.74) is 6.89. The molecule has 0 spiro atoms. The first-order chi connectivity index (χ1) is 27.4. The summed E-state index contributed by atoms with van der Waals surface area (Å²) >= 11 is 0. The van der Waals surface area contributed by atoms with E-state index in [9.17, 15) is 0 Å². The monoisotopic (exact) mass is 654 g/mol. The van der Waals surface area contributed by atoms with E-state index in [2.05, 4.69) is 91.0 Å². The average molecular weight is 655 g/mol. The Morgan fingerprint density at radius 2 is 1.12 bits per heavy atom. The van der Waals surface area contributed by atoms with Gasteiger partial charge < -0.3 is 9.64 Å². The first-order valence-electron chi connectivity index (χ1n) is 19.6. The van der Waals surface area contributed by atoms with E-state index >= 15 is 0 Å². The van der Waals surface area contributed by atoms with Crippen LogP contribution in [0, 0.1) is 0 Å². The molecule has 0 radical (unpaired) electrons. The Balaban J connectivity index is 1.16. The molecule has 0 aromatic heterocycles. The minimum Gasteiger partial charge on any atom is -0.456 e. The Morgan fingerprint density at radius 1 is 0.451 bits per heavy atom. The highest BCUT2D eigenvalue weighted by atomic mass is 16.5. The summed E-state index contributed by atoms with van der Waals surface area (Å²) in [6, 6.07) is 54.3. The Kier molecular flexibility index (Phi) is 5.81. The third-order valence-corrected chi connectivity index (χ3v) is 10.0. The van der Waals surface area contributed by atoms with Crippen LogP contribution in [0.15, 0.2) is 194 Å². The lowest BCUT2D eigenvalue weighted by Gasteiger charge is -2.29. The number of benzene rings is 9. The van der Waals surface area contributed by atoms with E-state index < -0.39 is 18.1 Å². The summed E-state index contributed by atoms with van der Waals surface area (Å²) in [5, 5.41) is 6.55. The molecular weight excluding hydrogens is 617 g/mol. The fourth-order valence-electron chi connectivity index (χ4n) is 7.79. The van der Waals surface area contributed by atoms with Crippen molar-refractivity contribution < 1.29 is 11.6 Å². The largest absolute Gasteiger partial charge is 0.456 e. The maximum Gasteiger partial charge on any atom is 0.242 e. The van der Waals surface area contributed by atoms with E-state index in [1.807, 2.05) is 72.8 Å². The van der Waals surface area contributed by atoms with E-state index in [1.54, 1.807) is 4.90 Å². The molecule has 1 aliphatic heterocycles. The maximum absolute atomic E-state index is 8.97. The highest BCUT2D eigenvalue weighted by Crippen LogP contribution is 2.48. The molecule has 3 heteroatoms.